The second kappa shape index (κ2) is 8.57. The van der Waals surface area contributed by atoms with E-state index in [1.165, 1.54) is 0 Å². The first-order valence-corrected chi connectivity index (χ1v) is 10.1. The Balaban J connectivity index is 1.17. The predicted octanol–water partition coefficient (Wildman–Crippen LogP) is 3.12. The standard InChI is InChI=1S/C22H22N6O3/c1-29-18-9-7-16(8-10-18)20-23-19(30-25-20)15-27-11-13-28(14-12-27)22-24-21(31-26-22)17-5-3-2-4-6-17/h2-10H,11-15H2,1H3. The predicted molar refractivity (Wildman–Crippen MR) is 114 cm³/mol. The van der Waals surface area contributed by atoms with E-state index in [4.69, 9.17) is 13.8 Å². The summed E-state index contributed by atoms with van der Waals surface area (Å²) in [6.45, 7) is 3.89. The van der Waals surface area contributed by atoms with Crippen molar-refractivity contribution in [3.05, 3.63) is 60.5 Å². The highest BCUT2D eigenvalue weighted by atomic mass is 16.5. The number of hydrogen-bond acceptors (Lipinski definition) is 9. The zero-order valence-corrected chi connectivity index (χ0v) is 17.1. The molecule has 0 spiro atoms. The van der Waals surface area contributed by atoms with Crippen LogP contribution in [0.2, 0.25) is 0 Å². The third-order valence-corrected chi connectivity index (χ3v) is 5.27. The van der Waals surface area contributed by atoms with Gasteiger partial charge >= 0.3 is 0 Å². The average molecular weight is 418 g/mol. The minimum Gasteiger partial charge on any atom is -0.497 e. The lowest BCUT2D eigenvalue weighted by atomic mass is 10.2. The number of anilines is 1. The van der Waals surface area contributed by atoms with Crippen molar-refractivity contribution in [2.75, 3.05) is 38.2 Å². The van der Waals surface area contributed by atoms with Gasteiger partial charge in [-0.2, -0.15) is 9.97 Å². The number of rotatable bonds is 6. The van der Waals surface area contributed by atoms with Gasteiger partial charge in [-0.05, 0) is 41.6 Å². The van der Waals surface area contributed by atoms with Crippen molar-refractivity contribution >= 4 is 5.95 Å². The van der Waals surface area contributed by atoms with Gasteiger partial charge in [0, 0.05) is 37.3 Å². The molecule has 0 saturated carbocycles. The van der Waals surface area contributed by atoms with Crippen molar-refractivity contribution < 1.29 is 13.8 Å². The average Bonchev–Trinajstić information content (AvgIpc) is 3.51. The maximum absolute atomic E-state index is 5.45. The van der Waals surface area contributed by atoms with Crippen LogP contribution >= 0.6 is 0 Å². The van der Waals surface area contributed by atoms with Crippen molar-refractivity contribution in [3.63, 3.8) is 0 Å². The molecule has 9 heteroatoms. The van der Waals surface area contributed by atoms with Crippen LogP contribution in [-0.2, 0) is 6.54 Å². The van der Waals surface area contributed by atoms with E-state index in [0.29, 0.717) is 30.1 Å². The van der Waals surface area contributed by atoms with Crippen molar-refractivity contribution in [2.24, 2.45) is 0 Å². The molecule has 1 saturated heterocycles. The minimum atomic E-state index is 0.537. The molecule has 2 aromatic carbocycles. The van der Waals surface area contributed by atoms with Gasteiger partial charge in [0.15, 0.2) is 0 Å². The number of benzene rings is 2. The lowest BCUT2D eigenvalue weighted by Crippen LogP contribution is -2.46. The Morgan fingerprint density at radius 3 is 2.35 bits per heavy atom. The maximum Gasteiger partial charge on any atom is 0.266 e. The quantitative estimate of drug-likeness (QED) is 0.468. The van der Waals surface area contributed by atoms with Crippen molar-refractivity contribution in [1.82, 2.24) is 25.2 Å². The topological polar surface area (TPSA) is 93.6 Å². The molecule has 2 aromatic heterocycles. The van der Waals surface area contributed by atoms with Crippen molar-refractivity contribution in [2.45, 2.75) is 6.54 Å². The number of nitrogens with zero attached hydrogens (tertiary/aromatic N) is 6. The molecular formula is C22H22N6O3. The fourth-order valence-corrected chi connectivity index (χ4v) is 3.52. The van der Waals surface area contributed by atoms with Gasteiger partial charge in [0.05, 0.1) is 13.7 Å². The Kier molecular flexibility index (Phi) is 5.32. The monoisotopic (exact) mass is 418 g/mol. The lowest BCUT2D eigenvalue weighted by molar-refractivity contribution is 0.214. The van der Waals surface area contributed by atoms with E-state index in [9.17, 15) is 0 Å². The zero-order chi connectivity index (χ0) is 21.0. The van der Waals surface area contributed by atoms with Crippen LogP contribution in [-0.4, -0.2) is 58.5 Å². The number of ether oxygens (including phenoxy) is 1. The van der Waals surface area contributed by atoms with Crippen LogP contribution in [0.1, 0.15) is 5.89 Å². The first-order valence-electron chi connectivity index (χ1n) is 10.1. The van der Waals surface area contributed by atoms with E-state index in [1.807, 2.05) is 54.6 Å². The molecule has 0 unspecified atom stereocenters. The fraction of sp³-hybridized carbons (Fsp3) is 0.273. The molecule has 9 nitrogen and oxygen atoms in total. The molecule has 31 heavy (non-hydrogen) atoms. The summed E-state index contributed by atoms with van der Waals surface area (Å²) in [5, 5.41) is 8.25. The largest absolute Gasteiger partial charge is 0.497 e. The number of piperazine rings is 1. The Hall–Kier alpha value is -3.72. The highest BCUT2D eigenvalue weighted by Crippen LogP contribution is 2.22. The molecule has 1 aliphatic heterocycles. The van der Waals surface area contributed by atoms with Gasteiger partial charge in [0.1, 0.15) is 5.75 Å². The third kappa shape index (κ3) is 4.26. The SMILES string of the molecule is COc1ccc(-c2noc(CN3CCN(c4noc(-c5ccccc5)n4)CC3)n2)cc1. The molecule has 4 aromatic rings. The van der Waals surface area contributed by atoms with Crippen LogP contribution in [0.4, 0.5) is 5.95 Å². The van der Waals surface area contributed by atoms with Gasteiger partial charge in [0.2, 0.25) is 11.7 Å². The molecule has 0 aliphatic carbocycles. The second-order valence-corrected chi connectivity index (χ2v) is 7.27. The smallest absolute Gasteiger partial charge is 0.266 e. The molecule has 158 valence electrons. The van der Waals surface area contributed by atoms with Crippen molar-refractivity contribution in [1.29, 1.82) is 0 Å². The molecule has 0 amide bonds. The molecule has 1 fully saturated rings. The van der Waals surface area contributed by atoms with Crippen LogP contribution in [0.3, 0.4) is 0 Å². The van der Waals surface area contributed by atoms with E-state index in [0.717, 1.165) is 43.1 Å². The third-order valence-electron chi connectivity index (χ3n) is 5.27. The number of aromatic nitrogens is 4. The van der Waals surface area contributed by atoms with Crippen LogP contribution in [0, 0.1) is 0 Å². The minimum absolute atomic E-state index is 0.537. The lowest BCUT2D eigenvalue weighted by Gasteiger charge is -2.32. The van der Waals surface area contributed by atoms with Gasteiger partial charge in [-0.1, -0.05) is 23.4 Å². The van der Waals surface area contributed by atoms with Crippen LogP contribution < -0.4 is 9.64 Å². The Labute approximate surface area is 179 Å². The zero-order valence-electron chi connectivity index (χ0n) is 17.1. The van der Waals surface area contributed by atoms with Crippen molar-refractivity contribution in [3.8, 4) is 28.6 Å². The normalized spacial score (nSPS) is 14.7. The summed E-state index contributed by atoms with van der Waals surface area (Å²) in [7, 11) is 1.64. The molecule has 3 heterocycles. The summed E-state index contributed by atoms with van der Waals surface area (Å²) in [6, 6.07) is 17.4. The molecule has 1 aliphatic rings. The first-order chi connectivity index (χ1) is 15.3. The molecule has 5 rings (SSSR count). The van der Waals surface area contributed by atoms with Crippen LogP contribution in [0.5, 0.6) is 5.75 Å². The van der Waals surface area contributed by atoms with E-state index < -0.39 is 0 Å². The molecule has 0 atom stereocenters. The van der Waals surface area contributed by atoms with E-state index >= 15 is 0 Å². The Morgan fingerprint density at radius 1 is 0.839 bits per heavy atom. The second-order valence-electron chi connectivity index (χ2n) is 7.27. The molecule has 0 bridgehead atoms. The summed E-state index contributed by atoms with van der Waals surface area (Å²) in [5.74, 6) is 3.14. The summed E-state index contributed by atoms with van der Waals surface area (Å²) < 4.78 is 16.1. The Morgan fingerprint density at radius 2 is 1.61 bits per heavy atom. The van der Waals surface area contributed by atoms with Gasteiger partial charge in [0.25, 0.3) is 11.8 Å². The maximum atomic E-state index is 5.45. The van der Waals surface area contributed by atoms with Gasteiger partial charge < -0.3 is 18.7 Å². The van der Waals surface area contributed by atoms with E-state index in [1.54, 1.807) is 7.11 Å². The van der Waals surface area contributed by atoms with E-state index in [-0.39, 0.29) is 0 Å². The number of hydrogen-bond donors (Lipinski definition) is 0. The molecule has 0 N–H and O–H groups in total. The summed E-state index contributed by atoms with van der Waals surface area (Å²) in [4.78, 5) is 13.5. The van der Waals surface area contributed by atoms with Gasteiger partial charge in [-0.25, -0.2) is 0 Å². The summed E-state index contributed by atoms with van der Waals surface area (Å²) in [5.41, 5.74) is 1.82. The molecular weight excluding hydrogens is 396 g/mol. The molecule has 0 radical (unpaired) electrons. The van der Waals surface area contributed by atoms with Gasteiger partial charge in [-0.3, -0.25) is 4.90 Å². The van der Waals surface area contributed by atoms with Gasteiger partial charge in [-0.15, -0.1) is 0 Å². The fourth-order valence-electron chi connectivity index (χ4n) is 3.52. The summed E-state index contributed by atoms with van der Waals surface area (Å²) >= 11 is 0. The Bertz CT molecular complexity index is 1120. The highest BCUT2D eigenvalue weighted by Gasteiger charge is 2.23. The van der Waals surface area contributed by atoms with Crippen LogP contribution in [0.25, 0.3) is 22.8 Å². The number of methoxy groups -OCH3 is 1. The van der Waals surface area contributed by atoms with E-state index in [2.05, 4.69) is 30.1 Å². The highest BCUT2D eigenvalue weighted by molar-refractivity contribution is 5.55. The van der Waals surface area contributed by atoms with Crippen LogP contribution in [0.15, 0.2) is 63.6 Å². The summed E-state index contributed by atoms with van der Waals surface area (Å²) in [6.07, 6.45) is 0. The first kappa shape index (κ1) is 19.3.